The molecule has 0 atom stereocenters. The van der Waals surface area contributed by atoms with Gasteiger partial charge in [-0.05, 0) is 81.5 Å². The van der Waals surface area contributed by atoms with E-state index in [9.17, 15) is 12.8 Å². The van der Waals surface area contributed by atoms with Crippen LogP contribution in [0.2, 0.25) is 5.02 Å². The van der Waals surface area contributed by atoms with Gasteiger partial charge in [0.05, 0.1) is 31.3 Å². The summed E-state index contributed by atoms with van der Waals surface area (Å²) in [6, 6.07) is 10.4. The number of benzene rings is 1. The number of thiophene rings is 1. The first-order chi connectivity index (χ1) is 18.0. The number of pyridine rings is 1. The van der Waals surface area contributed by atoms with Gasteiger partial charge in [-0.15, -0.1) is 11.3 Å². The third-order valence-corrected chi connectivity index (χ3v) is 12.0. The number of piperazine rings is 1. The summed E-state index contributed by atoms with van der Waals surface area (Å²) < 4.78 is 44.1. The second-order valence-corrected chi connectivity index (χ2v) is 15.3. The third-order valence-electron chi connectivity index (χ3n) is 6.98. The summed E-state index contributed by atoms with van der Waals surface area (Å²) in [5, 5.41) is 9.14. The van der Waals surface area contributed by atoms with Gasteiger partial charge in [0.1, 0.15) is 10.0 Å². The van der Waals surface area contributed by atoms with Crippen molar-refractivity contribution < 1.29 is 12.8 Å². The molecule has 2 aliphatic rings. The maximum Gasteiger partial charge on any atom is 0.190 e. The van der Waals surface area contributed by atoms with Crippen LogP contribution in [-0.2, 0) is 9.84 Å². The molecule has 0 amide bonds. The number of anilines is 2. The van der Waals surface area contributed by atoms with E-state index in [0.717, 1.165) is 22.6 Å². The SMILES string of the molecule is Cc1cnc(N2CCN(C(=N)c3c(Cl)cccc3NSc3ccc(S(=O)(=O)C(C)C)s3)C3(CC3)C2)c(F)c1. The van der Waals surface area contributed by atoms with E-state index in [1.165, 1.54) is 29.4 Å². The molecule has 1 spiro atoms. The van der Waals surface area contributed by atoms with Gasteiger partial charge in [-0.1, -0.05) is 17.7 Å². The Kier molecular flexibility index (Phi) is 7.40. The van der Waals surface area contributed by atoms with Crippen molar-refractivity contribution in [1.82, 2.24) is 9.88 Å². The maximum absolute atomic E-state index is 14.6. The molecule has 38 heavy (non-hydrogen) atoms. The smallest absolute Gasteiger partial charge is 0.190 e. The highest BCUT2D eigenvalue weighted by atomic mass is 35.5. The van der Waals surface area contributed by atoms with Gasteiger partial charge in [-0.25, -0.2) is 17.8 Å². The van der Waals surface area contributed by atoms with Crippen LogP contribution in [0.5, 0.6) is 0 Å². The van der Waals surface area contributed by atoms with Crippen molar-refractivity contribution in [1.29, 1.82) is 5.41 Å². The highest BCUT2D eigenvalue weighted by Gasteiger charge is 2.53. The summed E-state index contributed by atoms with van der Waals surface area (Å²) >= 11 is 9.15. The summed E-state index contributed by atoms with van der Waals surface area (Å²) in [5.41, 5.74) is 1.79. The normalized spacial score (nSPS) is 16.8. The van der Waals surface area contributed by atoms with Crippen molar-refractivity contribution >= 4 is 62.1 Å². The Morgan fingerprint density at radius 2 is 2.03 bits per heavy atom. The van der Waals surface area contributed by atoms with Gasteiger partial charge in [0, 0.05) is 25.8 Å². The van der Waals surface area contributed by atoms with E-state index in [2.05, 4.69) is 14.6 Å². The molecule has 1 aromatic carbocycles. The lowest BCUT2D eigenvalue weighted by atomic mass is 10.1. The number of nitrogens with zero attached hydrogens (tertiary/aromatic N) is 3. The minimum Gasteiger partial charge on any atom is -0.350 e. The monoisotopic (exact) mass is 593 g/mol. The lowest BCUT2D eigenvalue weighted by Gasteiger charge is -2.44. The highest BCUT2D eigenvalue weighted by molar-refractivity contribution is 8.02. The predicted octanol–water partition coefficient (Wildman–Crippen LogP) is 6.23. The molecule has 1 aliphatic heterocycles. The van der Waals surface area contributed by atoms with E-state index in [1.807, 2.05) is 24.0 Å². The van der Waals surface area contributed by atoms with Gasteiger partial charge in [-0.2, -0.15) is 0 Å². The summed E-state index contributed by atoms with van der Waals surface area (Å²) in [7, 11) is -3.33. The zero-order valence-corrected chi connectivity index (χ0v) is 24.5. The summed E-state index contributed by atoms with van der Waals surface area (Å²) in [4.78, 5) is 8.41. The number of sulfone groups is 1. The molecular weight excluding hydrogens is 565 g/mol. The Morgan fingerprint density at radius 3 is 2.71 bits per heavy atom. The van der Waals surface area contributed by atoms with E-state index in [4.69, 9.17) is 17.0 Å². The molecule has 202 valence electrons. The van der Waals surface area contributed by atoms with Crippen molar-refractivity contribution in [2.75, 3.05) is 29.3 Å². The van der Waals surface area contributed by atoms with E-state index < -0.39 is 15.1 Å². The topological polar surface area (TPSA) is 89.4 Å². The molecule has 7 nitrogen and oxygen atoms in total. The minimum atomic E-state index is -3.33. The number of aromatic nitrogens is 1. The maximum atomic E-state index is 14.6. The number of hydrogen-bond acceptors (Lipinski definition) is 8. The fourth-order valence-corrected chi connectivity index (χ4v) is 8.68. The zero-order valence-electron chi connectivity index (χ0n) is 21.3. The quantitative estimate of drug-likeness (QED) is 0.191. The lowest BCUT2D eigenvalue weighted by Crippen LogP contribution is -2.57. The minimum absolute atomic E-state index is 0.258. The van der Waals surface area contributed by atoms with Crippen molar-refractivity contribution in [3.63, 3.8) is 0 Å². The predicted molar refractivity (Wildman–Crippen MR) is 154 cm³/mol. The van der Waals surface area contributed by atoms with Crippen LogP contribution in [0, 0.1) is 18.2 Å². The fraction of sp³-hybridized carbons (Fsp3) is 0.385. The molecule has 2 fully saturated rings. The largest absolute Gasteiger partial charge is 0.350 e. The third kappa shape index (κ3) is 5.13. The van der Waals surface area contributed by atoms with Gasteiger partial charge in [0.15, 0.2) is 21.5 Å². The molecule has 0 unspecified atom stereocenters. The molecule has 0 radical (unpaired) electrons. The molecule has 12 heteroatoms. The summed E-state index contributed by atoms with van der Waals surface area (Å²) in [5.74, 6) is 0.360. The molecule has 2 N–H and O–H groups in total. The molecule has 5 rings (SSSR count). The Bertz CT molecular complexity index is 1490. The van der Waals surface area contributed by atoms with E-state index in [-0.39, 0.29) is 11.4 Å². The van der Waals surface area contributed by atoms with Crippen LogP contribution < -0.4 is 9.62 Å². The van der Waals surface area contributed by atoms with Crippen LogP contribution in [0.15, 0.2) is 51.0 Å². The molecule has 3 aromatic rings. The lowest BCUT2D eigenvalue weighted by molar-refractivity contribution is 0.257. The van der Waals surface area contributed by atoms with Gasteiger partial charge in [0.25, 0.3) is 0 Å². The van der Waals surface area contributed by atoms with Crippen molar-refractivity contribution in [3.8, 4) is 0 Å². The average molecular weight is 594 g/mol. The number of hydrogen-bond donors (Lipinski definition) is 2. The van der Waals surface area contributed by atoms with E-state index >= 15 is 0 Å². The number of rotatable bonds is 7. The van der Waals surface area contributed by atoms with Crippen LogP contribution >= 0.6 is 34.9 Å². The number of aryl methyl sites for hydroxylation is 1. The molecule has 2 aromatic heterocycles. The average Bonchev–Trinajstić information content (AvgIpc) is 3.44. The second-order valence-electron chi connectivity index (χ2n) is 10.00. The van der Waals surface area contributed by atoms with Gasteiger partial charge >= 0.3 is 0 Å². The van der Waals surface area contributed by atoms with Crippen LogP contribution in [0.25, 0.3) is 0 Å². The first kappa shape index (κ1) is 27.2. The van der Waals surface area contributed by atoms with Crippen LogP contribution in [0.1, 0.15) is 37.8 Å². The van der Waals surface area contributed by atoms with Gasteiger partial charge in [-0.3, -0.25) is 5.41 Å². The molecule has 3 heterocycles. The Morgan fingerprint density at radius 1 is 1.26 bits per heavy atom. The molecule has 1 saturated heterocycles. The molecule has 1 aliphatic carbocycles. The van der Waals surface area contributed by atoms with Crippen molar-refractivity contribution in [2.24, 2.45) is 0 Å². The standard InChI is InChI=1S/C26H29ClFN5O2S3/c1-16(2)38(34,35)22-8-7-21(36-22)37-31-20-6-4-5-18(27)23(20)24(29)33-12-11-32(15-26(33)9-10-26)25-19(28)13-17(3)14-30-25/h4-8,13-14,16,29,31H,9-12,15H2,1-3H3. The van der Waals surface area contributed by atoms with Crippen molar-refractivity contribution in [2.45, 2.75) is 52.8 Å². The molecular formula is C26H29ClFN5O2S3. The Labute approximate surface area is 236 Å². The second kappa shape index (κ2) is 10.3. The van der Waals surface area contributed by atoms with Crippen LogP contribution in [0.4, 0.5) is 15.9 Å². The van der Waals surface area contributed by atoms with Gasteiger partial charge < -0.3 is 14.5 Å². The van der Waals surface area contributed by atoms with Crippen molar-refractivity contribution in [3.05, 3.63) is 64.6 Å². The first-order valence-electron chi connectivity index (χ1n) is 12.3. The zero-order chi connectivity index (χ0) is 27.2. The highest BCUT2D eigenvalue weighted by Crippen LogP contribution is 2.47. The summed E-state index contributed by atoms with van der Waals surface area (Å²) in [6.07, 6.45) is 3.49. The number of halogens is 2. The fourth-order valence-electron chi connectivity index (χ4n) is 4.67. The Balaban J connectivity index is 1.34. The number of amidine groups is 1. The van der Waals surface area contributed by atoms with Crippen LogP contribution in [-0.4, -0.2) is 54.6 Å². The summed E-state index contributed by atoms with van der Waals surface area (Å²) in [6.45, 7) is 6.84. The Hall–Kier alpha value is -2.34. The van der Waals surface area contributed by atoms with Gasteiger partial charge in [0.2, 0.25) is 0 Å². The molecule has 1 saturated carbocycles. The first-order valence-corrected chi connectivity index (χ1v) is 15.9. The number of nitrogens with one attached hydrogen (secondary N) is 2. The van der Waals surface area contributed by atoms with E-state index in [0.29, 0.717) is 51.8 Å². The molecule has 0 bridgehead atoms. The van der Waals surface area contributed by atoms with E-state index in [1.54, 1.807) is 38.2 Å². The van der Waals surface area contributed by atoms with Crippen LogP contribution in [0.3, 0.4) is 0 Å².